The highest BCUT2D eigenvalue weighted by molar-refractivity contribution is 5.90. The van der Waals surface area contributed by atoms with Gasteiger partial charge in [0.05, 0.1) is 23.2 Å². The average Bonchev–Trinajstić information content (AvgIpc) is 3.44. The molecule has 9 nitrogen and oxygen atoms in total. The molecule has 5 heterocycles. The van der Waals surface area contributed by atoms with Crippen LogP contribution in [0.3, 0.4) is 0 Å². The molecule has 1 N–H and O–H groups in total. The molecule has 5 rings (SSSR count). The Morgan fingerprint density at radius 1 is 1.34 bits per heavy atom. The minimum absolute atomic E-state index is 0.00219. The topological polar surface area (TPSA) is 105 Å². The predicted octanol–water partition coefficient (Wildman–Crippen LogP) is 2.66. The molecule has 0 radical (unpaired) electrons. The monoisotopic (exact) mass is 391 g/mol. The van der Waals surface area contributed by atoms with Crippen molar-refractivity contribution in [2.24, 2.45) is 0 Å². The number of aromatic nitrogens is 6. The third kappa shape index (κ3) is 2.81. The molecule has 0 aromatic carbocycles. The van der Waals surface area contributed by atoms with E-state index in [-0.39, 0.29) is 17.7 Å². The van der Waals surface area contributed by atoms with Crippen LogP contribution in [0.4, 0.5) is 0 Å². The number of imidazole rings is 1. The molecule has 0 bridgehead atoms. The minimum Gasteiger partial charge on any atom is -0.417 e. The van der Waals surface area contributed by atoms with Crippen molar-refractivity contribution < 1.29 is 9.21 Å². The van der Waals surface area contributed by atoms with Gasteiger partial charge in [0.2, 0.25) is 5.89 Å². The zero-order chi connectivity index (χ0) is 20.1. The van der Waals surface area contributed by atoms with Crippen LogP contribution in [-0.2, 0) is 6.42 Å². The number of fused-ring (bicyclic) bond motifs is 2. The van der Waals surface area contributed by atoms with Gasteiger partial charge in [-0.25, -0.2) is 9.50 Å². The van der Waals surface area contributed by atoms with Crippen molar-refractivity contribution in [1.29, 1.82) is 0 Å². The second kappa shape index (κ2) is 6.54. The first kappa shape index (κ1) is 17.6. The van der Waals surface area contributed by atoms with E-state index in [9.17, 15) is 4.79 Å². The predicted molar refractivity (Wildman–Crippen MR) is 103 cm³/mol. The van der Waals surface area contributed by atoms with Crippen molar-refractivity contribution in [3.05, 3.63) is 65.1 Å². The second-order valence-corrected chi connectivity index (χ2v) is 7.61. The van der Waals surface area contributed by atoms with Crippen LogP contribution in [-0.4, -0.2) is 47.1 Å². The Bertz CT molecular complexity index is 1200. The van der Waals surface area contributed by atoms with E-state index in [0.717, 1.165) is 28.2 Å². The van der Waals surface area contributed by atoms with Crippen LogP contribution in [0.25, 0.3) is 5.52 Å². The van der Waals surface area contributed by atoms with E-state index < -0.39 is 6.04 Å². The summed E-state index contributed by atoms with van der Waals surface area (Å²) in [5.41, 5.74) is 4.68. The number of hydrogen-bond donors (Lipinski definition) is 1. The van der Waals surface area contributed by atoms with Crippen molar-refractivity contribution in [2.75, 3.05) is 6.54 Å². The van der Waals surface area contributed by atoms with Gasteiger partial charge in [-0.05, 0) is 24.6 Å². The smallest absolute Gasteiger partial charge is 0.312 e. The molecule has 0 saturated heterocycles. The number of amides is 1. The summed E-state index contributed by atoms with van der Waals surface area (Å²) in [6.45, 7) is 6.43. The van der Waals surface area contributed by atoms with Crippen LogP contribution in [0.1, 0.15) is 65.0 Å². The first-order chi connectivity index (χ1) is 14.0. The van der Waals surface area contributed by atoms with E-state index in [1.807, 2.05) is 49.7 Å². The lowest BCUT2D eigenvalue weighted by molar-refractivity contribution is 0.0643. The Labute approximate surface area is 166 Å². The van der Waals surface area contributed by atoms with E-state index >= 15 is 0 Å². The highest BCUT2D eigenvalue weighted by Crippen LogP contribution is 2.34. The van der Waals surface area contributed by atoms with Gasteiger partial charge in [0.15, 0.2) is 0 Å². The van der Waals surface area contributed by atoms with Crippen LogP contribution in [0, 0.1) is 6.92 Å². The van der Waals surface area contributed by atoms with Gasteiger partial charge in [0, 0.05) is 30.8 Å². The van der Waals surface area contributed by atoms with E-state index in [1.54, 1.807) is 11.2 Å². The number of hydrogen-bond acceptors (Lipinski definition) is 6. The number of carbonyl (C=O) groups excluding carboxylic acids is 1. The molecule has 1 atom stereocenters. The van der Waals surface area contributed by atoms with Gasteiger partial charge in [-0.1, -0.05) is 19.9 Å². The standard InChI is InChI=1S/C20H21N7O2/c1-11(2)18-23-24-19(29-18)20(28)26-8-6-13-16(22-10-21-13)17(26)14-9-15-12(3)5-4-7-27(15)25-14/h4-5,7,9-11,17H,6,8H2,1-3H3,(H,21,22). The number of aryl methyl sites for hydroxylation is 1. The molecule has 0 aliphatic carbocycles. The number of aromatic amines is 1. The third-order valence-corrected chi connectivity index (χ3v) is 5.32. The molecule has 9 heteroatoms. The molecular weight excluding hydrogens is 370 g/mol. The summed E-state index contributed by atoms with van der Waals surface area (Å²) in [5.74, 6) is 0.195. The van der Waals surface area contributed by atoms with Gasteiger partial charge >= 0.3 is 11.8 Å². The summed E-state index contributed by atoms with van der Waals surface area (Å²) in [6, 6.07) is 5.58. The van der Waals surface area contributed by atoms with E-state index in [0.29, 0.717) is 18.9 Å². The minimum atomic E-state index is -0.425. The van der Waals surface area contributed by atoms with E-state index in [1.165, 1.54) is 0 Å². The summed E-state index contributed by atoms with van der Waals surface area (Å²) < 4.78 is 7.46. The van der Waals surface area contributed by atoms with Gasteiger partial charge in [-0.15, -0.1) is 10.2 Å². The van der Waals surface area contributed by atoms with E-state index in [2.05, 4.69) is 20.2 Å². The molecule has 4 aromatic heterocycles. The maximum atomic E-state index is 13.3. The normalized spacial score (nSPS) is 16.6. The Kier molecular flexibility index (Phi) is 3.97. The van der Waals surface area contributed by atoms with Gasteiger partial charge < -0.3 is 14.3 Å². The van der Waals surface area contributed by atoms with Crippen molar-refractivity contribution >= 4 is 11.4 Å². The molecule has 1 aliphatic heterocycles. The fourth-order valence-corrected chi connectivity index (χ4v) is 3.78. The first-order valence-electron chi connectivity index (χ1n) is 9.64. The summed E-state index contributed by atoms with van der Waals surface area (Å²) in [4.78, 5) is 22.7. The maximum Gasteiger partial charge on any atom is 0.312 e. The Hall–Kier alpha value is -3.49. The summed E-state index contributed by atoms with van der Waals surface area (Å²) in [6.07, 6.45) is 4.24. The van der Waals surface area contributed by atoms with Crippen LogP contribution in [0.15, 0.2) is 35.1 Å². The van der Waals surface area contributed by atoms with Gasteiger partial charge in [-0.3, -0.25) is 4.79 Å². The van der Waals surface area contributed by atoms with Crippen LogP contribution in [0.5, 0.6) is 0 Å². The number of carbonyl (C=O) groups is 1. The zero-order valence-electron chi connectivity index (χ0n) is 16.5. The fourth-order valence-electron chi connectivity index (χ4n) is 3.78. The molecule has 1 amide bonds. The third-order valence-electron chi connectivity index (χ3n) is 5.32. The molecule has 0 saturated carbocycles. The van der Waals surface area contributed by atoms with E-state index in [4.69, 9.17) is 9.52 Å². The lowest BCUT2D eigenvalue weighted by Gasteiger charge is -2.32. The number of nitrogens with one attached hydrogen (secondary N) is 1. The van der Waals surface area contributed by atoms with Gasteiger partial charge in [0.1, 0.15) is 6.04 Å². The van der Waals surface area contributed by atoms with Crippen LogP contribution >= 0.6 is 0 Å². The highest BCUT2D eigenvalue weighted by Gasteiger charge is 2.38. The van der Waals surface area contributed by atoms with Crippen molar-refractivity contribution in [2.45, 2.75) is 39.2 Å². The molecule has 148 valence electrons. The molecule has 1 unspecified atom stereocenters. The number of rotatable bonds is 3. The molecule has 1 aliphatic rings. The largest absolute Gasteiger partial charge is 0.417 e. The van der Waals surface area contributed by atoms with Crippen LogP contribution in [0.2, 0.25) is 0 Å². The SMILES string of the molecule is Cc1cccn2nc(C3c4nc[nH]c4CCN3C(=O)c3nnc(C(C)C)o3)cc12. The molecular formula is C20H21N7O2. The Balaban J connectivity index is 1.60. The van der Waals surface area contributed by atoms with Gasteiger partial charge in [0.25, 0.3) is 0 Å². The second-order valence-electron chi connectivity index (χ2n) is 7.61. The average molecular weight is 391 g/mol. The maximum absolute atomic E-state index is 13.3. The molecule has 29 heavy (non-hydrogen) atoms. The molecule has 0 fully saturated rings. The molecule has 0 spiro atoms. The fraction of sp³-hybridized carbons (Fsp3) is 0.350. The van der Waals surface area contributed by atoms with Crippen molar-refractivity contribution in [3.8, 4) is 0 Å². The summed E-state index contributed by atoms with van der Waals surface area (Å²) in [7, 11) is 0. The lowest BCUT2D eigenvalue weighted by atomic mass is 9.99. The number of pyridine rings is 1. The quantitative estimate of drug-likeness (QED) is 0.576. The Morgan fingerprint density at radius 2 is 2.21 bits per heavy atom. The summed E-state index contributed by atoms with van der Waals surface area (Å²) >= 11 is 0. The number of nitrogens with zero attached hydrogens (tertiary/aromatic N) is 6. The van der Waals surface area contributed by atoms with Gasteiger partial charge in [-0.2, -0.15) is 5.10 Å². The number of H-pyrrole nitrogens is 1. The zero-order valence-corrected chi connectivity index (χ0v) is 16.5. The first-order valence-corrected chi connectivity index (χ1v) is 9.64. The van der Waals surface area contributed by atoms with Crippen LogP contribution < -0.4 is 0 Å². The van der Waals surface area contributed by atoms with Crippen molar-refractivity contribution in [1.82, 2.24) is 34.7 Å². The highest BCUT2D eigenvalue weighted by atomic mass is 16.4. The molecule has 4 aromatic rings. The lowest BCUT2D eigenvalue weighted by Crippen LogP contribution is -2.41. The summed E-state index contributed by atoms with van der Waals surface area (Å²) in [5, 5.41) is 12.7. The van der Waals surface area contributed by atoms with Crippen molar-refractivity contribution in [3.63, 3.8) is 0 Å². The Morgan fingerprint density at radius 3 is 2.97 bits per heavy atom.